The van der Waals surface area contributed by atoms with E-state index in [1.165, 1.54) is 0 Å². The maximum Gasteiger partial charge on any atom is 0.143 e. The van der Waals surface area contributed by atoms with Crippen LogP contribution in [0.2, 0.25) is 0 Å². The van der Waals surface area contributed by atoms with E-state index < -0.39 is 0 Å². The Morgan fingerprint density at radius 1 is 0.690 bits per heavy atom. The maximum absolute atomic E-state index is 6.16. The van der Waals surface area contributed by atoms with Crippen molar-refractivity contribution in [3.05, 3.63) is 60.9 Å². The number of benzene rings is 2. The fourth-order valence-electron chi connectivity index (χ4n) is 3.19. The first kappa shape index (κ1) is 19.9. The number of aromatic nitrogens is 2. The lowest BCUT2D eigenvalue weighted by Crippen LogP contribution is -2.07. The van der Waals surface area contributed by atoms with E-state index in [-0.39, 0.29) is 0 Å². The largest absolute Gasteiger partial charge is 0.492 e. The third kappa shape index (κ3) is 4.28. The average Bonchev–Trinajstić information content (AvgIpc) is 2.78. The second-order valence-corrected chi connectivity index (χ2v) is 8.09. The predicted molar refractivity (Wildman–Crippen MR) is 123 cm³/mol. The molecule has 6 heteroatoms. The zero-order valence-electron chi connectivity index (χ0n) is 16.4. The normalized spacial score (nSPS) is 11.1. The van der Waals surface area contributed by atoms with Crippen LogP contribution in [-0.2, 0) is 0 Å². The molecule has 0 saturated carbocycles. The zero-order valence-corrected chi connectivity index (χ0v) is 18.1. The number of hydrogen-bond acceptors (Lipinski definition) is 6. The molecule has 0 N–H and O–H groups in total. The lowest BCUT2D eigenvalue weighted by Gasteiger charge is -2.14. The molecule has 0 amide bonds. The molecule has 0 aliphatic heterocycles. The minimum atomic E-state index is 0.583. The van der Waals surface area contributed by atoms with Gasteiger partial charge in [0.25, 0.3) is 0 Å². The molecule has 0 fully saturated rings. The number of rotatable bonds is 8. The van der Waals surface area contributed by atoms with Gasteiger partial charge in [-0.25, -0.2) is 0 Å². The summed E-state index contributed by atoms with van der Waals surface area (Å²) < 4.78 is 12.3. The molecule has 29 heavy (non-hydrogen) atoms. The van der Waals surface area contributed by atoms with Crippen LogP contribution >= 0.6 is 23.5 Å². The summed E-state index contributed by atoms with van der Waals surface area (Å²) in [5.74, 6) is 1.81. The van der Waals surface area contributed by atoms with Gasteiger partial charge in [-0.05, 0) is 36.8 Å². The minimum absolute atomic E-state index is 0.583. The number of fused-ring (bicyclic) bond motifs is 2. The third-order valence-corrected chi connectivity index (χ3v) is 6.07. The highest BCUT2D eigenvalue weighted by molar-refractivity contribution is 7.99. The molecular formula is C23H22N2O2S2. The fraction of sp³-hybridized carbons (Fsp3) is 0.217. The van der Waals surface area contributed by atoms with Crippen LogP contribution in [0.1, 0.15) is 6.42 Å². The Morgan fingerprint density at radius 2 is 1.14 bits per heavy atom. The molecule has 0 saturated heterocycles. The Labute approximate surface area is 179 Å². The van der Waals surface area contributed by atoms with Gasteiger partial charge in [-0.2, -0.15) is 0 Å². The van der Waals surface area contributed by atoms with Gasteiger partial charge in [0.05, 0.1) is 34.0 Å². The Morgan fingerprint density at radius 3 is 1.59 bits per heavy atom. The summed E-state index contributed by atoms with van der Waals surface area (Å²) in [7, 11) is 0. The number of nitrogens with zero attached hydrogens (tertiary/aromatic N) is 2. The Kier molecular flexibility index (Phi) is 6.42. The van der Waals surface area contributed by atoms with Crippen molar-refractivity contribution in [3.63, 3.8) is 0 Å². The number of hydrogen-bond donors (Lipinski definition) is 0. The van der Waals surface area contributed by atoms with Gasteiger partial charge in [-0.1, -0.05) is 24.3 Å². The number of ether oxygens (including phenoxy) is 2. The molecule has 4 aromatic rings. The number of thioether (sulfide) groups is 2. The summed E-state index contributed by atoms with van der Waals surface area (Å²) in [4.78, 5) is 11.1. The van der Waals surface area contributed by atoms with Crippen LogP contribution in [-0.4, -0.2) is 35.7 Å². The quantitative estimate of drug-likeness (QED) is 0.253. The Balaban J connectivity index is 1.44. The standard InChI is InChI=1S/C23H22N2O2S2/c1-28-20-14-24-18-10-5-3-8-16(18)22(20)26-12-7-13-27-23-17-9-4-6-11-19(17)25-15-21(23)29-2/h3-6,8-11,14-15H,7,12-13H2,1-2H3. The van der Waals surface area contributed by atoms with E-state index in [0.717, 1.165) is 49.5 Å². The van der Waals surface area contributed by atoms with Gasteiger partial charge in [0, 0.05) is 29.6 Å². The van der Waals surface area contributed by atoms with Crippen LogP contribution in [0.15, 0.2) is 70.7 Å². The monoisotopic (exact) mass is 422 g/mol. The van der Waals surface area contributed by atoms with E-state index in [9.17, 15) is 0 Å². The smallest absolute Gasteiger partial charge is 0.143 e. The van der Waals surface area contributed by atoms with Gasteiger partial charge in [0.15, 0.2) is 0 Å². The number of para-hydroxylation sites is 2. The molecule has 0 bridgehead atoms. The van der Waals surface area contributed by atoms with Crippen molar-refractivity contribution in [3.8, 4) is 11.5 Å². The van der Waals surface area contributed by atoms with Crippen LogP contribution in [0.3, 0.4) is 0 Å². The van der Waals surface area contributed by atoms with Gasteiger partial charge in [0.2, 0.25) is 0 Å². The molecule has 2 aromatic heterocycles. The van der Waals surface area contributed by atoms with Gasteiger partial charge < -0.3 is 9.47 Å². The highest BCUT2D eigenvalue weighted by atomic mass is 32.2. The summed E-state index contributed by atoms with van der Waals surface area (Å²) in [5, 5.41) is 2.09. The van der Waals surface area contributed by atoms with E-state index in [1.807, 2.05) is 61.3 Å². The molecule has 4 rings (SSSR count). The van der Waals surface area contributed by atoms with E-state index >= 15 is 0 Å². The highest BCUT2D eigenvalue weighted by Crippen LogP contribution is 2.35. The zero-order chi connectivity index (χ0) is 20.1. The van der Waals surface area contributed by atoms with Crippen molar-refractivity contribution >= 4 is 45.3 Å². The Bertz CT molecular complexity index is 1050. The summed E-state index contributed by atoms with van der Waals surface area (Å²) in [6.07, 6.45) is 8.63. The van der Waals surface area contributed by atoms with Gasteiger partial charge in [0.1, 0.15) is 11.5 Å². The molecule has 0 aliphatic rings. The predicted octanol–water partition coefficient (Wildman–Crippen LogP) is 6.07. The van der Waals surface area contributed by atoms with Crippen LogP contribution in [0.25, 0.3) is 21.8 Å². The van der Waals surface area contributed by atoms with E-state index in [2.05, 4.69) is 22.1 Å². The molecular weight excluding hydrogens is 400 g/mol. The SMILES string of the molecule is CSc1cnc2ccccc2c1OCCCOc1c(SC)cnc2ccccc12. The molecule has 0 aliphatic carbocycles. The third-order valence-electron chi connectivity index (χ3n) is 4.61. The average molecular weight is 423 g/mol. The van der Waals surface area contributed by atoms with Crippen molar-refractivity contribution in [1.29, 1.82) is 0 Å². The summed E-state index contributed by atoms with van der Waals surface area (Å²) in [6, 6.07) is 16.2. The second-order valence-electron chi connectivity index (χ2n) is 6.40. The first-order valence-corrected chi connectivity index (χ1v) is 11.9. The van der Waals surface area contributed by atoms with Crippen molar-refractivity contribution in [2.24, 2.45) is 0 Å². The summed E-state index contributed by atoms with van der Waals surface area (Å²) in [6.45, 7) is 1.17. The lowest BCUT2D eigenvalue weighted by molar-refractivity contribution is 0.244. The Hall–Kier alpha value is -2.44. The van der Waals surface area contributed by atoms with Crippen molar-refractivity contribution < 1.29 is 9.47 Å². The van der Waals surface area contributed by atoms with Gasteiger partial charge >= 0.3 is 0 Å². The molecule has 0 atom stereocenters. The molecule has 2 aromatic carbocycles. The summed E-state index contributed by atoms with van der Waals surface area (Å²) in [5.41, 5.74) is 1.90. The fourth-order valence-corrected chi connectivity index (χ4v) is 4.22. The second kappa shape index (κ2) is 9.37. The first-order valence-electron chi connectivity index (χ1n) is 9.41. The maximum atomic E-state index is 6.16. The minimum Gasteiger partial charge on any atom is -0.492 e. The van der Waals surface area contributed by atoms with E-state index in [0.29, 0.717) is 13.2 Å². The molecule has 148 valence electrons. The highest BCUT2D eigenvalue weighted by Gasteiger charge is 2.11. The van der Waals surface area contributed by atoms with Gasteiger partial charge in [-0.15, -0.1) is 23.5 Å². The van der Waals surface area contributed by atoms with E-state index in [4.69, 9.17) is 9.47 Å². The number of pyridine rings is 2. The van der Waals surface area contributed by atoms with Crippen molar-refractivity contribution in [2.75, 3.05) is 25.7 Å². The van der Waals surface area contributed by atoms with Crippen LogP contribution in [0, 0.1) is 0 Å². The van der Waals surface area contributed by atoms with Crippen molar-refractivity contribution in [2.45, 2.75) is 16.2 Å². The van der Waals surface area contributed by atoms with Gasteiger partial charge in [-0.3, -0.25) is 9.97 Å². The first-order chi connectivity index (χ1) is 14.3. The van der Waals surface area contributed by atoms with Crippen LogP contribution in [0.4, 0.5) is 0 Å². The van der Waals surface area contributed by atoms with Crippen LogP contribution in [0.5, 0.6) is 11.5 Å². The molecule has 2 heterocycles. The molecule has 4 nitrogen and oxygen atoms in total. The molecule has 0 radical (unpaired) electrons. The lowest BCUT2D eigenvalue weighted by atomic mass is 10.2. The summed E-state index contributed by atoms with van der Waals surface area (Å²) >= 11 is 3.30. The van der Waals surface area contributed by atoms with E-state index in [1.54, 1.807) is 23.5 Å². The topological polar surface area (TPSA) is 44.2 Å². The molecule has 0 unspecified atom stereocenters. The molecule has 0 spiro atoms. The van der Waals surface area contributed by atoms with Crippen molar-refractivity contribution in [1.82, 2.24) is 9.97 Å². The van der Waals surface area contributed by atoms with Crippen LogP contribution < -0.4 is 9.47 Å².